The Labute approximate surface area is 95.8 Å². The Hall–Kier alpha value is -0.390. The third-order valence-electron chi connectivity index (χ3n) is 2.10. The van der Waals surface area contributed by atoms with Gasteiger partial charge in [-0.3, -0.25) is 0 Å². The molecule has 1 aromatic heterocycles. The Morgan fingerprint density at radius 2 is 2.14 bits per heavy atom. The molecule has 2 rings (SSSR count). The lowest BCUT2D eigenvalue weighted by Crippen LogP contribution is -2.44. The van der Waals surface area contributed by atoms with E-state index < -0.39 is 0 Å². The summed E-state index contributed by atoms with van der Waals surface area (Å²) < 4.78 is 0.668. The molecule has 1 aliphatic heterocycles. The predicted molar refractivity (Wildman–Crippen MR) is 59.8 cm³/mol. The van der Waals surface area contributed by atoms with E-state index in [-0.39, 0.29) is 0 Å². The van der Waals surface area contributed by atoms with E-state index in [9.17, 15) is 0 Å². The predicted octanol–water partition coefficient (Wildman–Crippen LogP) is 1.30. The molecule has 0 saturated carbocycles. The Kier molecular flexibility index (Phi) is 3.20. The fraction of sp³-hybridized carbons (Fsp3) is 0.500. The van der Waals surface area contributed by atoms with Gasteiger partial charge < -0.3 is 10.2 Å². The van der Waals surface area contributed by atoms with Crippen molar-refractivity contribution in [2.75, 3.05) is 31.1 Å². The monoisotopic (exact) mass is 276 g/mol. The van der Waals surface area contributed by atoms with Gasteiger partial charge in [-0.1, -0.05) is 11.6 Å². The van der Waals surface area contributed by atoms with Crippen LogP contribution < -0.4 is 10.2 Å². The molecule has 1 aliphatic rings. The molecule has 1 fully saturated rings. The van der Waals surface area contributed by atoms with Gasteiger partial charge in [-0.25, -0.2) is 9.97 Å². The van der Waals surface area contributed by atoms with E-state index in [2.05, 4.69) is 36.1 Å². The van der Waals surface area contributed by atoms with Crippen LogP contribution in [0.15, 0.2) is 10.8 Å². The summed E-state index contributed by atoms with van der Waals surface area (Å²) in [7, 11) is 0. The second-order valence-corrected chi connectivity index (χ2v) is 4.21. The fourth-order valence-corrected chi connectivity index (χ4v) is 2.07. The maximum atomic E-state index is 6.00. The number of rotatable bonds is 1. The van der Waals surface area contributed by atoms with E-state index in [0.717, 1.165) is 32.0 Å². The minimum absolute atomic E-state index is 0.460. The highest BCUT2D eigenvalue weighted by Gasteiger charge is 2.15. The number of halogens is 2. The number of hydrogen-bond acceptors (Lipinski definition) is 4. The quantitative estimate of drug-likeness (QED) is 0.840. The lowest BCUT2D eigenvalue weighted by Gasteiger charge is -2.28. The van der Waals surface area contributed by atoms with Gasteiger partial charge in [-0.2, -0.15) is 0 Å². The minimum atomic E-state index is 0.460. The van der Waals surface area contributed by atoms with Crippen molar-refractivity contribution in [1.82, 2.24) is 15.3 Å². The topological polar surface area (TPSA) is 41.1 Å². The van der Waals surface area contributed by atoms with Crippen molar-refractivity contribution in [1.29, 1.82) is 0 Å². The molecule has 0 spiro atoms. The summed E-state index contributed by atoms with van der Waals surface area (Å²) >= 11 is 9.23. The van der Waals surface area contributed by atoms with Crippen molar-refractivity contribution in [3.63, 3.8) is 0 Å². The lowest BCUT2D eigenvalue weighted by atomic mass is 10.3. The maximum absolute atomic E-state index is 6.00. The molecule has 6 heteroatoms. The number of nitrogens with zero attached hydrogens (tertiary/aromatic N) is 3. The number of aromatic nitrogens is 2. The summed E-state index contributed by atoms with van der Waals surface area (Å²) in [6.45, 7) is 3.79. The summed E-state index contributed by atoms with van der Waals surface area (Å²) in [4.78, 5) is 10.5. The van der Waals surface area contributed by atoms with Gasteiger partial charge in [-0.05, 0) is 15.9 Å². The molecule has 2 heterocycles. The molecule has 1 saturated heterocycles. The van der Waals surface area contributed by atoms with Crippen LogP contribution in [0.5, 0.6) is 0 Å². The first-order valence-corrected chi connectivity index (χ1v) is 5.58. The lowest BCUT2D eigenvalue weighted by molar-refractivity contribution is 0.584. The van der Waals surface area contributed by atoms with Gasteiger partial charge in [0.1, 0.15) is 4.60 Å². The van der Waals surface area contributed by atoms with Crippen molar-refractivity contribution in [2.24, 2.45) is 0 Å². The van der Waals surface area contributed by atoms with Gasteiger partial charge in [-0.15, -0.1) is 0 Å². The van der Waals surface area contributed by atoms with Gasteiger partial charge in [0.2, 0.25) is 0 Å². The molecule has 0 bridgehead atoms. The molecule has 0 aliphatic carbocycles. The molecule has 1 aromatic rings. The summed E-state index contributed by atoms with van der Waals surface area (Å²) in [5.41, 5.74) is 0. The highest BCUT2D eigenvalue weighted by atomic mass is 79.9. The van der Waals surface area contributed by atoms with E-state index in [1.807, 2.05) is 0 Å². The number of hydrogen-bond donors (Lipinski definition) is 1. The van der Waals surface area contributed by atoms with Crippen LogP contribution in [0.25, 0.3) is 0 Å². The highest BCUT2D eigenvalue weighted by Crippen LogP contribution is 2.22. The molecular formula is C8H10BrClN4. The average Bonchev–Trinajstić information content (AvgIpc) is 2.19. The second-order valence-electron chi connectivity index (χ2n) is 3.04. The van der Waals surface area contributed by atoms with Gasteiger partial charge in [0.05, 0.1) is 6.20 Å². The van der Waals surface area contributed by atoms with E-state index in [0.29, 0.717) is 9.76 Å². The van der Waals surface area contributed by atoms with Crippen LogP contribution in [-0.4, -0.2) is 36.1 Å². The van der Waals surface area contributed by atoms with Gasteiger partial charge in [0, 0.05) is 26.2 Å². The average molecular weight is 278 g/mol. The molecule has 0 radical (unpaired) electrons. The zero-order valence-electron chi connectivity index (χ0n) is 7.50. The zero-order chi connectivity index (χ0) is 9.97. The molecule has 1 N–H and O–H groups in total. The molecular weight excluding hydrogens is 267 g/mol. The highest BCUT2D eigenvalue weighted by molar-refractivity contribution is 9.10. The molecule has 0 atom stereocenters. The van der Waals surface area contributed by atoms with Crippen molar-refractivity contribution in [2.45, 2.75) is 0 Å². The van der Waals surface area contributed by atoms with Gasteiger partial charge in [0.25, 0.3) is 0 Å². The normalized spacial score (nSPS) is 17.1. The molecule has 0 amide bonds. The summed E-state index contributed by atoms with van der Waals surface area (Å²) in [5.74, 6) is 0.774. The van der Waals surface area contributed by atoms with Gasteiger partial charge in [0.15, 0.2) is 11.0 Å². The Bertz CT molecular complexity index is 327. The molecule has 0 unspecified atom stereocenters. The number of nitrogens with one attached hydrogen (secondary N) is 1. The standard InChI is InChI=1S/C8H10BrClN4/c9-6-5-12-8(7(10)13-6)14-3-1-11-2-4-14/h5,11H,1-4H2. The fourth-order valence-electron chi connectivity index (χ4n) is 1.43. The Balaban J connectivity index is 2.22. The summed E-state index contributed by atoms with van der Waals surface area (Å²) in [5, 5.41) is 3.73. The second kappa shape index (κ2) is 4.42. The van der Waals surface area contributed by atoms with Crippen molar-refractivity contribution < 1.29 is 0 Å². The van der Waals surface area contributed by atoms with Crippen LogP contribution >= 0.6 is 27.5 Å². The van der Waals surface area contributed by atoms with E-state index >= 15 is 0 Å². The maximum Gasteiger partial charge on any atom is 0.172 e. The smallest absolute Gasteiger partial charge is 0.172 e. The van der Waals surface area contributed by atoms with Crippen molar-refractivity contribution in [3.05, 3.63) is 16.0 Å². The SMILES string of the molecule is Clc1nc(Br)cnc1N1CCNCC1. The number of piperazine rings is 1. The minimum Gasteiger partial charge on any atom is -0.352 e. The van der Waals surface area contributed by atoms with Crippen LogP contribution in [0.1, 0.15) is 0 Å². The first kappa shape index (κ1) is 10.1. The molecule has 4 nitrogen and oxygen atoms in total. The first-order chi connectivity index (χ1) is 6.77. The molecule has 76 valence electrons. The van der Waals surface area contributed by atoms with E-state index in [1.54, 1.807) is 6.20 Å². The van der Waals surface area contributed by atoms with Crippen molar-refractivity contribution >= 4 is 33.3 Å². The number of anilines is 1. The summed E-state index contributed by atoms with van der Waals surface area (Å²) in [6, 6.07) is 0. The zero-order valence-corrected chi connectivity index (χ0v) is 9.85. The largest absolute Gasteiger partial charge is 0.352 e. The first-order valence-electron chi connectivity index (χ1n) is 4.41. The van der Waals surface area contributed by atoms with Crippen LogP contribution in [-0.2, 0) is 0 Å². The van der Waals surface area contributed by atoms with Crippen LogP contribution in [0.4, 0.5) is 5.82 Å². The van der Waals surface area contributed by atoms with E-state index in [1.165, 1.54) is 0 Å². The molecule has 14 heavy (non-hydrogen) atoms. The Morgan fingerprint density at radius 1 is 1.43 bits per heavy atom. The van der Waals surface area contributed by atoms with Crippen LogP contribution in [0.3, 0.4) is 0 Å². The third kappa shape index (κ3) is 2.16. The van der Waals surface area contributed by atoms with E-state index in [4.69, 9.17) is 11.6 Å². The third-order valence-corrected chi connectivity index (χ3v) is 2.73. The van der Waals surface area contributed by atoms with Gasteiger partial charge >= 0.3 is 0 Å². The summed E-state index contributed by atoms with van der Waals surface area (Å²) in [6.07, 6.45) is 1.67. The van der Waals surface area contributed by atoms with Crippen LogP contribution in [0.2, 0.25) is 5.15 Å². The Morgan fingerprint density at radius 3 is 2.79 bits per heavy atom. The van der Waals surface area contributed by atoms with Crippen molar-refractivity contribution in [3.8, 4) is 0 Å². The van der Waals surface area contributed by atoms with Crippen LogP contribution in [0, 0.1) is 0 Å². The molecule has 0 aromatic carbocycles.